The Kier molecular flexibility index (Phi) is 4.80. The standard InChI is InChI=1S/C17H23N5O2/c1-11-10-12(18)7-9-22(11)15(23)6-8-19-17(24)16-13-4-2-3-5-14(13)20-21-16/h2-5,11-12H,6-10,18H2,1H3,(H,19,24)(H,20,21). The van der Waals surface area contributed by atoms with E-state index in [2.05, 4.69) is 15.5 Å². The van der Waals surface area contributed by atoms with Crippen LogP contribution in [-0.2, 0) is 4.79 Å². The number of hydrogen-bond donors (Lipinski definition) is 3. The second-order valence-electron chi connectivity index (χ2n) is 6.34. The molecule has 1 aliphatic rings. The third-order valence-electron chi connectivity index (χ3n) is 4.55. The molecule has 0 aliphatic carbocycles. The van der Waals surface area contributed by atoms with Crippen LogP contribution in [0.25, 0.3) is 10.9 Å². The van der Waals surface area contributed by atoms with Crippen molar-refractivity contribution in [3.05, 3.63) is 30.0 Å². The maximum atomic E-state index is 12.3. The van der Waals surface area contributed by atoms with E-state index < -0.39 is 0 Å². The van der Waals surface area contributed by atoms with E-state index in [-0.39, 0.29) is 30.3 Å². The minimum absolute atomic E-state index is 0.0570. The molecule has 0 spiro atoms. The van der Waals surface area contributed by atoms with Crippen LogP contribution in [-0.4, -0.2) is 52.1 Å². The third-order valence-corrected chi connectivity index (χ3v) is 4.55. The molecule has 7 heteroatoms. The fourth-order valence-electron chi connectivity index (χ4n) is 3.23. The minimum Gasteiger partial charge on any atom is -0.350 e. The van der Waals surface area contributed by atoms with Gasteiger partial charge in [0.2, 0.25) is 5.91 Å². The number of nitrogens with one attached hydrogen (secondary N) is 2. The Hall–Kier alpha value is -2.41. The Morgan fingerprint density at radius 1 is 1.42 bits per heavy atom. The lowest BCUT2D eigenvalue weighted by molar-refractivity contribution is -0.134. The number of carbonyl (C=O) groups excluding carboxylic acids is 2. The van der Waals surface area contributed by atoms with Crippen LogP contribution in [0.15, 0.2) is 24.3 Å². The van der Waals surface area contributed by atoms with Crippen molar-refractivity contribution in [2.24, 2.45) is 5.73 Å². The van der Waals surface area contributed by atoms with Gasteiger partial charge in [-0.05, 0) is 25.8 Å². The predicted octanol–water partition coefficient (Wildman–Crippen LogP) is 1.02. The van der Waals surface area contributed by atoms with Gasteiger partial charge in [0.15, 0.2) is 5.69 Å². The van der Waals surface area contributed by atoms with E-state index in [1.165, 1.54) is 0 Å². The first kappa shape index (κ1) is 16.4. The molecule has 2 aromatic rings. The number of nitrogens with two attached hydrogens (primary N) is 1. The van der Waals surface area contributed by atoms with Gasteiger partial charge in [0.1, 0.15) is 0 Å². The van der Waals surface area contributed by atoms with Crippen molar-refractivity contribution < 1.29 is 9.59 Å². The number of likely N-dealkylation sites (tertiary alicyclic amines) is 1. The van der Waals surface area contributed by atoms with Gasteiger partial charge in [0, 0.05) is 37.0 Å². The van der Waals surface area contributed by atoms with Gasteiger partial charge in [-0.15, -0.1) is 0 Å². The van der Waals surface area contributed by atoms with Crippen LogP contribution in [0.5, 0.6) is 0 Å². The van der Waals surface area contributed by atoms with Crippen LogP contribution in [0.1, 0.15) is 36.7 Å². The number of rotatable bonds is 4. The van der Waals surface area contributed by atoms with Crippen molar-refractivity contribution in [3.8, 4) is 0 Å². The first-order valence-corrected chi connectivity index (χ1v) is 8.32. The van der Waals surface area contributed by atoms with Gasteiger partial charge in [-0.2, -0.15) is 5.10 Å². The maximum absolute atomic E-state index is 12.3. The highest BCUT2D eigenvalue weighted by Gasteiger charge is 2.26. The summed E-state index contributed by atoms with van der Waals surface area (Å²) in [5, 5.41) is 10.4. The topological polar surface area (TPSA) is 104 Å². The Bertz CT molecular complexity index is 741. The normalized spacial score (nSPS) is 21.0. The number of piperidine rings is 1. The third kappa shape index (κ3) is 3.41. The number of nitrogens with zero attached hydrogens (tertiary/aromatic N) is 2. The van der Waals surface area contributed by atoms with Crippen molar-refractivity contribution in [3.63, 3.8) is 0 Å². The van der Waals surface area contributed by atoms with Gasteiger partial charge in [-0.25, -0.2) is 0 Å². The second kappa shape index (κ2) is 7.00. The van der Waals surface area contributed by atoms with Crippen molar-refractivity contribution in [1.29, 1.82) is 0 Å². The van der Waals surface area contributed by atoms with Crippen LogP contribution >= 0.6 is 0 Å². The number of amides is 2. The summed E-state index contributed by atoms with van der Waals surface area (Å²) in [6.07, 6.45) is 1.95. The highest BCUT2D eigenvalue weighted by atomic mass is 16.2. The van der Waals surface area contributed by atoms with Crippen LogP contribution in [0.4, 0.5) is 0 Å². The molecule has 0 bridgehead atoms. The van der Waals surface area contributed by atoms with E-state index in [1.807, 2.05) is 36.1 Å². The van der Waals surface area contributed by atoms with Crippen LogP contribution in [0.3, 0.4) is 0 Å². The van der Waals surface area contributed by atoms with E-state index >= 15 is 0 Å². The van der Waals surface area contributed by atoms with Crippen LogP contribution in [0.2, 0.25) is 0 Å². The number of H-pyrrole nitrogens is 1. The zero-order valence-electron chi connectivity index (χ0n) is 13.8. The number of carbonyl (C=O) groups is 2. The SMILES string of the molecule is CC1CC(N)CCN1C(=O)CCNC(=O)c1n[nH]c2ccccc12. The quantitative estimate of drug-likeness (QED) is 0.779. The van der Waals surface area contributed by atoms with Gasteiger partial charge < -0.3 is 16.0 Å². The van der Waals surface area contributed by atoms with E-state index in [9.17, 15) is 9.59 Å². The fraction of sp³-hybridized carbons (Fsp3) is 0.471. The largest absolute Gasteiger partial charge is 0.350 e. The summed E-state index contributed by atoms with van der Waals surface area (Å²) in [5.74, 6) is -0.212. The molecule has 0 saturated carbocycles. The van der Waals surface area contributed by atoms with Gasteiger partial charge in [0.25, 0.3) is 5.91 Å². The molecule has 4 N–H and O–H groups in total. The summed E-state index contributed by atoms with van der Waals surface area (Å²) < 4.78 is 0. The molecular formula is C17H23N5O2. The molecule has 2 amide bonds. The first-order valence-electron chi connectivity index (χ1n) is 8.32. The average Bonchev–Trinajstić information content (AvgIpc) is 2.98. The number of fused-ring (bicyclic) bond motifs is 1. The number of hydrogen-bond acceptors (Lipinski definition) is 4. The zero-order valence-corrected chi connectivity index (χ0v) is 13.8. The molecule has 0 radical (unpaired) electrons. The molecule has 128 valence electrons. The Morgan fingerprint density at radius 3 is 3.00 bits per heavy atom. The zero-order chi connectivity index (χ0) is 17.1. The molecule has 1 aromatic carbocycles. The lowest BCUT2D eigenvalue weighted by Gasteiger charge is -2.36. The first-order chi connectivity index (χ1) is 11.6. The molecule has 2 atom stereocenters. The van der Waals surface area contributed by atoms with Gasteiger partial charge in [-0.3, -0.25) is 14.7 Å². The number of benzene rings is 1. The monoisotopic (exact) mass is 329 g/mol. The summed E-state index contributed by atoms with van der Waals surface area (Å²) in [4.78, 5) is 26.4. The number of para-hydroxylation sites is 1. The van der Waals surface area contributed by atoms with Crippen molar-refractivity contribution in [2.75, 3.05) is 13.1 Å². The summed E-state index contributed by atoms with van der Waals surface area (Å²) in [5.41, 5.74) is 7.10. The smallest absolute Gasteiger partial charge is 0.272 e. The molecule has 2 heterocycles. The van der Waals surface area contributed by atoms with Gasteiger partial charge >= 0.3 is 0 Å². The van der Waals surface area contributed by atoms with E-state index in [0.717, 1.165) is 23.7 Å². The van der Waals surface area contributed by atoms with Crippen LogP contribution in [0, 0.1) is 0 Å². The van der Waals surface area contributed by atoms with Crippen molar-refractivity contribution in [1.82, 2.24) is 20.4 Å². The molecule has 3 rings (SSSR count). The average molecular weight is 329 g/mol. The van der Waals surface area contributed by atoms with E-state index in [4.69, 9.17) is 5.73 Å². The molecule has 1 saturated heterocycles. The Labute approximate surface area is 140 Å². The van der Waals surface area contributed by atoms with E-state index in [0.29, 0.717) is 18.8 Å². The second-order valence-corrected chi connectivity index (χ2v) is 6.34. The molecular weight excluding hydrogens is 306 g/mol. The molecule has 24 heavy (non-hydrogen) atoms. The van der Waals surface area contributed by atoms with Crippen LogP contribution < -0.4 is 11.1 Å². The number of aromatic nitrogens is 2. The summed E-state index contributed by atoms with van der Waals surface area (Å²) in [6.45, 7) is 3.01. The minimum atomic E-state index is -0.269. The summed E-state index contributed by atoms with van der Waals surface area (Å²) in [6, 6.07) is 7.79. The number of aromatic amines is 1. The highest BCUT2D eigenvalue weighted by molar-refractivity contribution is 6.04. The molecule has 2 unspecified atom stereocenters. The molecule has 1 fully saturated rings. The summed E-state index contributed by atoms with van der Waals surface area (Å²) >= 11 is 0. The fourth-order valence-corrected chi connectivity index (χ4v) is 3.23. The summed E-state index contributed by atoms with van der Waals surface area (Å²) in [7, 11) is 0. The predicted molar refractivity (Wildman–Crippen MR) is 91.4 cm³/mol. The Balaban J connectivity index is 1.53. The molecule has 1 aromatic heterocycles. The van der Waals surface area contributed by atoms with E-state index in [1.54, 1.807) is 0 Å². The highest BCUT2D eigenvalue weighted by Crippen LogP contribution is 2.17. The molecule has 1 aliphatic heterocycles. The van der Waals surface area contributed by atoms with Crippen molar-refractivity contribution >= 4 is 22.7 Å². The van der Waals surface area contributed by atoms with Gasteiger partial charge in [-0.1, -0.05) is 18.2 Å². The van der Waals surface area contributed by atoms with Gasteiger partial charge in [0.05, 0.1) is 5.52 Å². The lowest BCUT2D eigenvalue weighted by atomic mass is 9.99. The Morgan fingerprint density at radius 2 is 2.21 bits per heavy atom. The molecule has 7 nitrogen and oxygen atoms in total. The maximum Gasteiger partial charge on any atom is 0.272 e. The lowest BCUT2D eigenvalue weighted by Crippen LogP contribution is -2.48. The van der Waals surface area contributed by atoms with Crippen molar-refractivity contribution in [2.45, 2.75) is 38.3 Å².